The van der Waals surface area contributed by atoms with Crippen LogP contribution in [0.25, 0.3) is 16.8 Å². The highest BCUT2D eigenvalue weighted by molar-refractivity contribution is 7.99. The van der Waals surface area contributed by atoms with E-state index < -0.39 is 5.82 Å². The van der Waals surface area contributed by atoms with Crippen LogP contribution < -0.4 is 0 Å². The smallest absolute Gasteiger partial charge is 0.191 e. The molecular weight excluding hydrogens is 333 g/mol. The number of benzene rings is 1. The molecule has 1 aliphatic heterocycles. The van der Waals surface area contributed by atoms with E-state index in [1.54, 1.807) is 18.4 Å². The Morgan fingerprint density at radius 1 is 1.30 bits per heavy atom. The summed E-state index contributed by atoms with van der Waals surface area (Å²) >= 11 is 2.99. The molecule has 114 valence electrons. The van der Waals surface area contributed by atoms with Gasteiger partial charge in [-0.1, -0.05) is 0 Å². The zero-order valence-corrected chi connectivity index (χ0v) is 13.4. The third-order valence-electron chi connectivity index (χ3n) is 3.44. The van der Waals surface area contributed by atoms with Gasteiger partial charge >= 0.3 is 0 Å². The normalized spacial score (nSPS) is 15.9. The lowest BCUT2D eigenvalue weighted by atomic mass is 10.0. The first kappa shape index (κ1) is 14.4. The number of halogens is 1. The molecule has 0 bridgehead atoms. The fraction of sp³-hybridized carbons (Fsp3) is 0.0588. The maximum atomic E-state index is 13.4. The molecule has 1 aliphatic rings. The number of carbonyl (C=O) groups is 1. The summed E-state index contributed by atoms with van der Waals surface area (Å²) in [6, 6.07) is 7.98. The first-order valence-electron chi connectivity index (χ1n) is 6.88. The van der Waals surface area contributed by atoms with Crippen LogP contribution in [0.3, 0.4) is 0 Å². The molecule has 0 aliphatic carbocycles. The lowest BCUT2D eigenvalue weighted by Gasteiger charge is -2.16. The van der Waals surface area contributed by atoms with Gasteiger partial charge in [0.05, 0.1) is 12.0 Å². The van der Waals surface area contributed by atoms with Crippen molar-refractivity contribution in [2.45, 2.75) is 4.90 Å². The molecule has 3 nitrogen and oxygen atoms in total. The average Bonchev–Trinajstić information content (AvgIpc) is 3.22. The molecule has 0 unspecified atom stereocenters. The molecule has 0 saturated carbocycles. The Morgan fingerprint density at radius 2 is 2.22 bits per heavy atom. The predicted molar refractivity (Wildman–Crippen MR) is 89.2 cm³/mol. The van der Waals surface area contributed by atoms with E-state index in [0.717, 1.165) is 9.90 Å². The van der Waals surface area contributed by atoms with Gasteiger partial charge in [-0.2, -0.15) is 0 Å². The minimum atomic E-state index is -0.396. The number of thioether (sulfide) groups is 1. The predicted octanol–water partition coefficient (Wildman–Crippen LogP) is 4.91. The zero-order chi connectivity index (χ0) is 15.8. The van der Waals surface area contributed by atoms with Gasteiger partial charge in [-0.15, -0.1) is 23.1 Å². The van der Waals surface area contributed by atoms with Crippen molar-refractivity contribution in [3.63, 3.8) is 0 Å². The van der Waals surface area contributed by atoms with Crippen LogP contribution in [0, 0.1) is 5.82 Å². The quantitative estimate of drug-likeness (QED) is 0.620. The number of aromatic nitrogens is 1. The van der Waals surface area contributed by atoms with Crippen molar-refractivity contribution in [2.75, 3.05) is 5.75 Å². The Kier molecular flexibility index (Phi) is 3.63. The van der Waals surface area contributed by atoms with Crippen LogP contribution in [0.5, 0.6) is 0 Å². The summed E-state index contributed by atoms with van der Waals surface area (Å²) in [5.74, 6) is 0.736. The van der Waals surface area contributed by atoms with Crippen molar-refractivity contribution in [2.24, 2.45) is 0 Å². The van der Waals surface area contributed by atoms with Crippen LogP contribution in [-0.2, 0) is 0 Å². The number of nitrogens with zero attached hydrogens (tertiary/aromatic N) is 1. The third kappa shape index (κ3) is 2.75. The number of rotatable bonds is 2. The van der Waals surface area contributed by atoms with E-state index in [2.05, 4.69) is 4.98 Å². The molecule has 0 amide bonds. The minimum Gasteiger partial charge on any atom is -0.462 e. The highest BCUT2D eigenvalue weighted by Crippen LogP contribution is 2.34. The molecule has 4 rings (SSSR count). The van der Waals surface area contributed by atoms with Crippen LogP contribution in [-0.4, -0.2) is 16.5 Å². The zero-order valence-electron chi connectivity index (χ0n) is 11.8. The molecule has 0 radical (unpaired) electrons. The van der Waals surface area contributed by atoms with Crippen molar-refractivity contribution >= 4 is 35.0 Å². The summed E-state index contributed by atoms with van der Waals surface area (Å²) in [6.07, 6.45) is 3.37. The summed E-state index contributed by atoms with van der Waals surface area (Å²) < 4.78 is 18.7. The minimum absolute atomic E-state index is 0.134. The molecule has 0 spiro atoms. The van der Waals surface area contributed by atoms with Crippen molar-refractivity contribution in [3.05, 3.63) is 64.6 Å². The number of hydrogen-bond donors (Lipinski definition) is 0. The van der Waals surface area contributed by atoms with Crippen LogP contribution >= 0.6 is 23.1 Å². The average molecular weight is 343 g/mol. The Hall–Kier alpha value is -2.18. The van der Waals surface area contributed by atoms with E-state index in [4.69, 9.17) is 4.42 Å². The molecule has 3 aromatic rings. The number of thiazole rings is 1. The van der Waals surface area contributed by atoms with Gasteiger partial charge in [-0.05, 0) is 36.4 Å². The van der Waals surface area contributed by atoms with Gasteiger partial charge in [0, 0.05) is 27.2 Å². The number of carbonyl (C=O) groups excluding carboxylic acids is 1. The Morgan fingerprint density at radius 3 is 3.04 bits per heavy atom. The summed E-state index contributed by atoms with van der Waals surface area (Å²) in [5, 5.41) is 2.65. The second-order valence-corrected chi connectivity index (χ2v) is 6.86. The van der Waals surface area contributed by atoms with Gasteiger partial charge in [0.2, 0.25) is 0 Å². The lowest BCUT2D eigenvalue weighted by molar-refractivity contribution is 0.103. The third-order valence-corrected chi connectivity index (χ3v) is 5.43. The molecule has 0 atom stereocenters. The van der Waals surface area contributed by atoms with Gasteiger partial charge in [-0.25, -0.2) is 9.37 Å². The van der Waals surface area contributed by atoms with Gasteiger partial charge in [0.25, 0.3) is 0 Å². The summed E-state index contributed by atoms with van der Waals surface area (Å²) in [5.41, 5.74) is 1.77. The number of fused-ring (bicyclic) bond motifs is 1. The van der Waals surface area contributed by atoms with Crippen molar-refractivity contribution in [1.29, 1.82) is 0 Å². The fourth-order valence-corrected chi connectivity index (χ4v) is 4.09. The SMILES string of the molecule is O=C1/C(=C/c2csc(-c3ccco3)n2)CSc2ccc(F)cc21. The van der Waals surface area contributed by atoms with Gasteiger partial charge < -0.3 is 4.42 Å². The van der Waals surface area contributed by atoms with Gasteiger partial charge in [-0.3, -0.25) is 4.79 Å². The highest BCUT2D eigenvalue weighted by Gasteiger charge is 2.23. The van der Waals surface area contributed by atoms with E-state index in [0.29, 0.717) is 28.3 Å². The molecule has 23 heavy (non-hydrogen) atoms. The van der Waals surface area contributed by atoms with Gasteiger partial charge in [0.1, 0.15) is 5.82 Å². The van der Waals surface area contributed by atoms with E-state index in [1.807, 2.05) is 17.5 Å². The Balaban J connectivity index is 1.66. The molecule has 0 fully saturated rings. The second-order valence-electron chi connectivity index (χ2n) is 4.98. The molecule has 3 heterocycles. The van der Waals surface area contributed by atoms with E-state index in [1.165, 1.54) is 35.2 Å². The summed E-state index contributed by atoms with van der Waals surface area (Å²) in [6.45, 7) is 0. The molecule has 6 heteroatoms. The summed E-state index contributed by atoms with van der Waals surface area (Å²) in [4.78, 5) is 17.8. The van der Waals surface area contributed by atoms with E-state index in [9.17, 15) is 9.18 Å². The largest absolute Gasteiger partial charge is 0.462 e. The molecule has 1 aromatic carbocycles. The fourth-order valence-electron chi connectivity index (χ4n) is 2.35. The van der Waals surface area contributed by atoms with Crippen LogP contribution in [0.4, 0.5) is 4.39 Å². The maximum Gasteiger partial charge on any atom is 0.191 e. The van der Waals surface area contributed by atoms with E-state index in [-0.39, 0.29) is 5.78 Å². The van der Waals surface area contributed by atoms with E-state index >= 15 is 0 Å². The highest BCUT2D eigenvalue weighted by atomic mass is 32.2. The molecule has 2 aromatic heterocycles. The molecular formula is C17H10FNO2S2. The van der Waals surface area contributed by atoms with Gasteiger partial charge in [0.15, 0.2) is 16.6 Å². The van der Waals surface area contributed by atoms with Crippen molar-refractivity contribution < 1.29 is 13.6 Å². The van der Waals surface area contributed by atoms with Crippen molar-refractivity contribution in [1.82, 2.24) is 4.98 Å². The Labute approximate surface area is 139 Å². The van der Waals surface area contributed by atoms with Crippen LogP contribution in [0.15, 0.2) is 56.9 Å². The maximum absolute atomic E-state index is 13.4. The first-order valence-corrected chi connectivity index (χ1v) is 8.74. The second kappa shape index (κ2) is 5.79. The number of ketones is 1. The first-order chi connectivity index (χ1) is 11.2. The van der Waals surface area contributed by atoms with Crippen LogP contribution in [0.2, 0.25) is 0 Å². The molecule has 0 N–H and O–H groups in total. The van der Waals surface area contributed by atoms with Crippen molar-refractivity contribution in [3.8, 4) is 10.8 Å². The van der Waals surface area contributed by atoms with Crippen LogP contribution in [0.1, 0.15) is 16.1 Å². The standard InChI is InChI=1S/C17H10FNO2S2/c18-11-3-4-15-13(7-11)16(20)10(8-22-15)6-12-9-23-17(19-12)14-2-1-5-21-14/h1-7,9H,8H2/b10-6+. The lowest BCUT2D eigenvalue weighted by Crippen LogP contribution is -2.12. The summed E-state index contributed by atoms with van der Waals surface area (Å²) in [7, 11) is 0. The number of hydrogen-bond acceptors (Lipinski definition) is 5. The Bertz CT molecular complexity index is 913. The topological polar surface area (TPSA) is 43.1 Å². The molecule has 0 saturated heterocycles. The number of furan rings is 1. The monoisotopic (exact) mass is 343 g/mol. The number of Topliss-reactive ketones (excluding diaryl/α,β-unsaturated/α-hetero) is 1.